The maximum Gasteiger partial charge on any atom is -0.870 e. The molecule has 0 aliphatic heterocycles. The van der Waals surface area contributed by atoms with Crippen molar-refractivity contribution >= 4 is 29.2 Å². The Hall–Kier alpha value is -0.515. The fraction of sp³-hybridized carbons (Fsp3) is 0.400. The summed E-state index contributed by atoms with van der Waals surface area (Å²) in [4.78, 5) is 0. The summed E-state index contributed by atoms with van der Waals surface area (Å²) in [6.07, 6.45) is 0. The van der Waals surface area contributed by atoms with Crippen LogP contribution in [0.15, 0.2) is 22.7 Å². The monoisotopic (exact) mass is 272 g/mol. The van der Waals surface area contributed by atoms with E-state index in [0.29, 0.717) is 11.4 Å². The van der Waals surface area contributed by atoms with Gasteiger partial charge in [-0.15, -0.1) is 0 Å². The zero-order chi connectivity index (χ0) is 9.84. The van der Waals surface area contributed by atoms with Crippen LogP contribution in [0, 0.1) is 5.92 Å². The first-order chi connectivity index (χ1) is 6.08. The van der Waals surface area contributed by atoms with Gasteiger partial charge in [-0.1, -0.05) is 0 Å². The third-order valence-electron chi connectivity index (χ3n) is 1.48. The van der Waals surface area contributed by atoms with Crippen LogP contribution in [0.4, 0.5) is 0 Å². The van der Waals surface area contributed by atoms with Crippen LogP contribution in [0.5, 0.6) is 5.75 Å². The Bertz CT molecular complexity index is 272. The van der Waals surface area contributed by atoms with Crippen molar-refractivity contribution in [2.24, 2.45) is 5.92 Å². The Morgan fingerprint density at radius 3 is 2.33 bits per heavy atom. The van der Waals surface area contributed by atoms with Crippen molar-refractivity contribution in [2.75, 3.05) is 6.61 Å². The second kappa shape index (κ2) is 7.73. The molecule has 0 saturated heterocycles. The van der Waals surface area contributed by atoms with Gasteiger partial charge in [0.2, 0.25) is 0 Å². The fourth-order valence-electron chi connectivity index (χ4n) is 0.931. The summed E-state index contributed by atoms with van der Waals surface area (Å²) >= 11 is 3.36. The number of hydrogen-bond donors (Lipinski definition) is 0. The second-order valence-electron chi connectivity index (χ2n) is 3.43. The minimum atomic E-state index is 0. The van der Waals surface area contributed by atoms with Crippen molar-refractivity contribution in [3.63, 3.8) is 0 Å². The van der Waals surface area contributed by atoms with Gasteiger partial charge < -0.3 is 11.0 Å². The van der Waals surface area contributed by atoms with Crippen LogP contribution in [0.1, 0.15) is 13.8 Å². The second-order valence-corrected chi connectivity index (χ2v) is 4.34. The normalized spacial score (nSPS) is 9.20. The first-order valence-corrected chi connectivity index (χ1v) is 5.06. The molecule has 0 atom stereocenters. The number of benzene rings is 1. The van der Waals surface area contributed by atoms with Gasteiger partial charge in [0.05, 0.1) is 0 Å². The Labute approximate surface area is 100.0 Å². The van der Waals surface area contributed by atoms with E-state index in [0.717, 1.165) is 16.8 Å². The molecule has 0 aliphatic rings. The molecule has 0 radical (unpaired) electrons. The van der Waals surface area contributed by atoms with E-state index in [1.54, 1.807) is 0 Å². The Kier molecular flexibility index (Phi) is 8.71. The quantitative estimate of drug-likeness (QED) is 0.790. The molecule has 5 heteroatoms. The molecule has 1 aromatic carbocycles. The molecule has 0 fully saturated rings. The molecule has 0 unspecified atom stereocenters. The van der Waals surface area contributed by atoms with Gasteiger partial charge in [0.1, 0.15) is 0 Å². The molecule has 1 aromatic rings. The molecule has 0 bridgehead atoms. The summed E-state index contributed by atoms with van der Waals surface area (Å²) in [6.45, 7) is 4.94. The van der Waals surface area contributed by atoms with E-state index in [1.165, 1.54) is 0 Å². The van der Waals surface area contributed by atoms with Crippen LogP contribution in [0.2, 0.25) is 0 Å². The average Bonchev–Trinajstić information content (AvgIpc) is 1.99. The summed E-state index contributed by atoms with van der Waals surface area (Å²) in [5, 5.41) is 0. The van der Waals surface area contributed by atoms with Gasteiger partial charge in [0, 0.05) is 0 Å². The van der Waals surface area contributed by atoms with E-state index in [4.69, 9.17) is 12.6 Å². The molecule has 0 amide bonds. The molecule has 15 heavy (non-hydrogen) atoms. The average molecular weight is 273 g/mol. The van der Waals surface area contributed by atoms with Crippen LogP contribution in [0.25, 0.3) is 0 Å². The molecule has 0 spiro atoms. The van der Waals surface area contributed by atoms with E-state index < -0.39 is 0 Å². The van der Waals surface area contributed by atoms with Crippen molar-refractivity contribution in [2.45, 2.75) is 13.8 Å². The largest absolute Gasteiger partial charge is 0.870 e. The molecule has 0 heterocycles. The molecular weight excluding hydrogens is 259 g/mol. The van der Waals surface area contributed by atoms with Crippen LogP contribution >= 0.6 is 15.9 Å². The SMILES string of the molecule is [B+2]c1cc(Br)cc(OCC(C)C)c1.[OH-].[OH-]. The van der Waals surface area contributed by atoms with Crippen molar-refractivity contribution in [1.29, 1.82) is 0 Å². The molecule has 2 N–H and O–H groups in total. The van der Waals surface area contributed by atoms with Crippen LogP contribution in [-0.4, -0.2) is 25.4 Å². The van der Waals surface area contributed by atoms with Crippen molar-refractivity contribution in [3.05, 3.63) is 22.7 Å². The first kappa shape index (κ1) is 16.9. The van der Waals surface area contributed by atoms with Gasteiger partial charge >= 0.3 is 88.8 Å². The molecule has 1 rings (SSSR count). The van der Waals surface area contributed by atoms with E-state index >= 15 is 0 Å². The van der Waals surface area contributed by atoms with Gasteiger partial charge in [-0.05, 0) is 0 Å². The van der Waals surface area contributed by atoms with Crippen molar-refractivity contribution in [1.82, 2.24) is 0 Å². The first-order valence-electron chi connectivity index (χ1n) is 4.27. The van der Waals surface area contributed by atoms with Crippen molar-refractivity contribution < 1.29 is 15.7 Å². The number of hydrogen-bond acceptors (Lipinski definition) is 3. The molecule has 3 nitrogen and oxygen atoms in total. The molecule has 0 saturated carbocycles. The van der Waals surface area contributed by atoms with E-state index in [9.17, 15) is 0 Å². The van der Waals surface area contributed by atoms with Gasteiger partial charge in [0.15, 0.2) is 0 Å². The maximum atomic E-state index is 5.66. The third-order valence-corrected chi connectivity index (χ3v) is 1.93. The molecule has 0 aliphatic carbocycles. The summed E-state index contributed by atoms with van der Waals surface area (Å²) in [6, 6.07) is 5.59. The van der Waals surface area contributed by atoms with Crippen LogP contribution in [-0.2, 0) is 0 Å². The Morgan fingerprint density at radius 2 is 1.87 bits per heavy atom. The minimum absolute atomic E-state index is 0. The number of ether oxygens (including phenoxy) is 1. The van der Waals surface area contributed by atoms with Crippen molar-refractivity contribution in [3.8, 4) is 5.75 Å². The Balaban J connectivity index is 0. The summed E-state index contributed by atoms with van der Waals surface area (Å²) in [5.41, 5.74) is 0.716. The number of halogens is 1. The molecular formula is C10H14BBrO3. The summed E-state index contributed by atoms with van der Waals surface area (Å²) in [5.74, 6) is 1.35. The van der Waals surface area contributed by atoms with Gasteiger partial charge in [-0.3, -0.25) is 0 Å². The Morgan fingerprint density at radius 1 is 1.27 bits per heavy atom. The van der Waals surface area contributed by atoms with Gasteiger partial charge in [0.25, 0.3) is 0 Å². The van der Waals surface area contributed by atoms with E-state index in [1.807, 2.05) is 18.2 Å². The van der Waals surface area contributed by atoms with E-state index in [2.05, 4.69) is 29.8 Å². The summed E-state index contributed by atoms with van der Waals surface area (Å²) < 4.78 is 6.47. The topological polar surface area (TPSA) is 69.2 Å². The number of rotatable bonds is 3. The van der Waals surface area contributed by atoms with Gasteiger partial charge in [-0.25, -0.2) is 0 Å². The zero-order valence-corrected chi connectivity index (χ0v) is 10.4. The third kappa shape index (κ3) is 6.55. The van der Waals surface area contributed by atoms with Gasteiger partial charge in [-0.2, -0.15) is 0 Å². The fourth-order valence-corrected chi connectivity index (χ4v) is 1.42. The zero-order valence-electron chi connectivity index (χ0n) is 8.77. The molecule has 0 aromatic heterocycles. The summed E-state index contributed by atoms with van der Waals surface area (Å²) in [7, 11) is 5.66. The van der Waals surface area contributed by atoms with E-state index in [-0.39, 0.29) is 11.0 Å². The van der Waals surface area contributed by atoms with Crippen LogP contribution < -0.4 is 10.2 Å². The predicted molar refractivity (Wildman–Crippen MR) is 63.7 cm³/mol. The maximum absolute atomic E-state index is 5.66. The molecule has 82 valence electrons. The smallest absolute Gasteiger partial charge is 0.870 e. The standard InChI is InChI=1S/C10H12BBrO.2H2O/c1-7(2)6-13-10-4-8(11)3-9(12)5-10;;/h3-5,7H,6H2,1-2H3;2*1H2/q+2;;/p-2. The minimum Gasteiger partial charge on any atom is -0.870 e. The van der Waals surface area contributed by atoms with Crippen LogP contribution in [0.3, 0.4) is 0 Å². The predicted octanol–water partition coefficient (Wildman–Crippen LogP) is 1.92.